The Kier molecular flexibility index (Phi) is 4.50. The normalized spacial score (nSPS) is 14.6. The molecule has 2 aromatic rings. The van der Waals surface area contributed by atoms with Gasteiger partial charge in [0, 0.05) is 12.5 Å². The Morgan fingerprint density at radius 3 is 2.81 bits per heavy atom. The molecular weight excluding hydrogens is 266 g/mol. The lowest BCUT2D eigenvalue weighted by molar-refractivity contribution is 0.243. The van der Waals surface area contributed by atoms with Gasteiger partial charge in [0.15, 0.2) is 0 Å². The Bertz CT molecular complexity index is 552. The Hall–Kier alpha value is -1.88. The first kappa shape index (κ1) is 14.1. The molecule has 0 amide bonds. The second-order valence-corrected chi connectivity index (χ2v) is 5.56. The molecule has 1 aromatic carbocycles. The summed E-state index contributed by atoms with van der Waals surface area (Å²) < 4.78 is 11.3. The van der Waals surface area contributed by atoms with Gasteiger partial charge in [-0.15, -0.1) is 10.2 Å². The average molecular weight is 287 g/mol. The van der Waals surface area contributed by atoms with E-state index in [0.29, 0.717) is 25.0 Å². The average Bonchev–Trinajstić information content (AvgIpc) is 3.25. The van der Waals surface area contributed by atoms with E-state index in [4.69, 9.17) is 9.15 Å². The van der Waals surface area contributed by atoms with Crippen molar-refractivity contribution in [2.24, 2.45) is 0 Å². The number of aromatic nitrogens is 2. The number of ether oxygens (including phenoxy) is 1. The summed E-state index contributed by atoms with van der Waals surface area (Å²) in [6, 6.07) is 9.90. The summed E-state index contributed by atoms with van der Waals surface area (Å²) in [5, 5.41) is 8.20. The predicted octanol–water partition coefficient (Wildman–Crippen LogP) is 2.85. The van der Waals surface area contributed by atoms with Gasteiger partial charge in [-0.3, -0.25) is 4.90 Å². The van der Waals surface area contributed by atoms with E-state index >= 15 is 0 Å². The van der Waals surface area contributed by atoms with E-state index in [2.05, 4.69) is 22.1 Å². The highest BCUT2D eigenvalue weighted by Gasteiger charge is 2.29. The first-order valence-electron chi connectivity index (χ1n) is 7.50. The summed E-state index contributed by atoms with van der Waals surface area (Å²) in [6.07, 6.45) is 3.34. The van der Waals surface area contributed by atoms with Crippen LogP contribution in [0.3, 0.4) is 0 Å². The summed E-state index contributed by atoms with van der Waals surface area (Å²) in [6.45, 7) is 2.35. The van der Waals surface area contributed by atoms with Gasteiger partial charge >= 0.3 is 0 Å². The molecule has 0 unspecified atom stereocenters. The summed E-state index contributed by atoms with van der Waals surface area (Å²) in [5.74, 6) is 2.97. The highest BCUT2D eigenvalue weighted by molar-refractivity contribution is 5.20. The fourth-order valence-corrected chi connectivity index (χ4v) is 2.18. The summed E-state index contributed by atoms with van der Waals surface area (Å²) >= 11 is 0. The van der Waals surface area contributed by atoms with Gasteiger partial charge in [0.05, 0.1) is 13.2 Å². The van der Waals surface area contributed by atoms with Gasteiger partial charge in [-0.05, 0) is 38.4 Å². The van der Waals surface area contributed by atoms with E-state index in [1.54, 1.807) is 0 Å². The van der Waals surface area contributed by atoms with Crippen molar-refractivity contribution in [3.05, 3.63) is 42.1 Å². The van der Waals surface area contributed by atoms with Crippen LogP contribution in [0.1, 0.15) is 37.0 Å². The van der Waals surface area contributed by atoms with Gasteiger partial charge in [0.25, 0.3) is 0 Å². The van der Waals surface area contributed by atoms with Crippen LogP contribution in [0.5, 0.6) is 5.75 Å². The van der Waals surface area contributed by atoms with Crippen molar-refractivity contribution >= 4 is 0 Å². The standard InChI is InChI=1S/C16H21N3O2/c1-19(10-5-11-20-14-6-3-2-4-7-14)12-15-17-18-16(21-15)13-8-9-13/h2-4,6-7,13H,5,8-12H2,1H3. The first-order chi connectivity index (χ1) is 10.3. The van der Waals surface area contributed by atoms with Gasteiger partial charge < -0.3 is 9.15 Å². The SMILES string of the molecule is CN(CCCOc1ccccc1)Cc1nnc(C2CC2)o1. The highest BCUT2D eigenvalue weighted by atomic mass is 16.5. The zero-order valence-corrected chi connectivity index (χ0v) is 12.4. The third kappa shape index (κ3) is 4.29. The molecule has 0 bridgehead atoms. The van der Waals surface area contributed by atoms with Crippen LogP contribution >= 0.6 is 0 Å². The van der Waals surface area contributed by atoms with E-state index < -0.39 is 0 Å². The lowest BCUT2D eigenvalue weighted by Gasteiger charge is -2.14. The summed E-state index contributed by atoms with van der Waals surface area (Å²) in [7, 11) is 2.06. The van der Waals surface area contributed by atoms with Crippen molar-refractivity contribution < 1.29 is 9.15 Å². The first-order valence-corrected chi connectivity index (χ1v) is 7.50. The van der Waals surface area contributed by atoms with Crippen molar-refractivity contribution in [2.75, 3.05) is 20.2 Å². The summed E-state index contributed by atoms with van der Waals surface area (Å²) in [4.78, 5) is 2.18. The van der Waals surface area contributed by atoms with Gasteiger partial charge in [-0.2, -0.15) is 0 Å². The van der Waals surface area contributed by atoms with E-state index in [1.807, 2.05) is 30.3 Å². The second-order valence-electron chi connectivity index (χ2n) is 5.56. The number of hydrogen-bond donors (Lipinski definition) is 0. The molecule has 21 heavy (non-hydrogen) atoms. The lowest BCUT2D eigenvalue weighted by Crippen LogP contribution is -2.21. The van der Waals surface area contributed by atoms with Crippen LogP contribution in [-0.4, -0.2) is 35.3 Å². The van der Waals surface area contributed by atoms with Crippen LogP contribution in [0.2, 0.25) is 0 Å². The van der Waals surface area contributed by atoms with Crippen molar-refractivity contribution in [1.82, 2.24) is 15.1 Å². The Morgan fingerprint density at radius 2 is 2.05 bits per heavy atom. The van der Waals surface area contributed by atoms with Gasteiger partial charge in [0.2, 0.25) is 11.8 Å². The molecule has 112 valence electrons. The molecule has 0 spiro atoms. The highest BCUT2D eigenvalue weighted by Crippen LogP contribution is 2.39. The van der Waals surface area contributed by atoms with Crippen molar-refractivity contribution in [3.8, 4) is 5.75 Å². The Balaban J connectivity index is 1.35. The molecule has 1 aromatic heterocycles. The Labute approximate surface area is 124 Å². The predicted molar refractivity (Wildman–Crippen MR) is 79.2 cm³/mol. The molecule has 5 nitrogen and oxygen atoms in total. The maximum absolute atomic E-state index is 5.67. The quantitative estimate of drug-likeness (QED) is 0.699. The number of benzene rings is 1. The molecule has 0 N–H and O–H groups in total. The number of hydrogen-bond acceptors (Lipinski definition) is 5. The zero-order valence-electron chi connectivity index (χ0n) is 12.4. The minimum absolute atomic E-state index is 0.524. The molecule has 0 atom stereocenters. The molecule has 3 rings (SSSR count). The molecule has 5 heteroatoms. The molecule has 1 aliphatic rings. The Morgan fingerprint density at radius 1 is 1.24 bits per heavy atom. The lowest BCUT2D eigenvalue weighted by atomic mass is 10.3. The van der Waals surface area contributed by atoms with Crippen LogP contribution in [0.25, 0.3) is 0 Å². The van der Waals surface area contributed by atoms with Crippen LogP contribution in [0.4, 0.5) is 0 Å². The summed E-state index contributed by atoms with van der Waals surface area (Å²) in [5.41, 5.74) is 0. The van der Waals surface area contributed by atoms with Crippen molar-refractivity contribution in [1.29, 1.82) is 0 Å². The minimum Gasteiger partial charge on any atom is -0.494 e. The fourth-order valence-electron chi connectivity index (χ4n) is 2.18. The van der Waals surface area contributed by atoms with Crippen LogP contribution in [0, 0.1) is 0 Å². The van der Waals surface area contributed by atoms with E-state index in [-0.39, 0.29) is 0 Å². The largest absolute Gasteiger partial charge is 0.494 e. The van der Waals surface area contributed by atoms with Crippen molar-refractivity contribution in [2.45, 2.75) is 31.7 Å². The van der Waals surface area contributed by atoms with Crippen LogP contribution < -0.4 is 4.74 Å². The number of nitrogens with zero attached hydrogens (tertiary/aromatic N) is 3. The topological polar surface area (TPSA) is 51.4 Å². The number of para-hydroxylation sites is 1. The molecule has 1 heterocycles. The fraction of sp³-hybridized carbons (Fsp3) is 0.500. The molecule has 1 aliphatic carbocycles. The molecule has 0 saturated heterocycles. The van der Waals surface area contributed by atoms with Gasteiger partial charge in [-0.1, -0.05) is 18.2 Å². The van der Waals surface area contributed by atoms with Crippen LogP contribution in [0.15, 0.2) is 34.7 Å². The molecule has 1 fully saturated rings. The molecular formula is C16H21N3O2. The second kappa shape index (κ2) is 6.72. The minimum atomic E-state index is 0.524. The van der Waals surface area contributed by atoms with E-state index in [9.17, 15) is 0 Å². The third-order valence-corrected chi connectivity index (χ3v) is 3.51. The van der Waals surface area contributed by atoms with E-state index in [1.165, 1.54) is 12.8 Å². The molecule has 1 saturated carbocycles. The molecule has 0 radical (unpaired) electrons. The van der Waals surface area contributed by atoms with Crippen LogP contribution in [-0.2, 0) is 6.54 Å². The van der Waals surface area contributed by atoms with Crippen molar-refractivity contribution in [3.63, 3.8) is 0 Å². The van der Waals surface area contributed by atoms with Gasteiger partial charge in [-0.25, -0.2) is 0 Å². The smallest absolute Gasteiger partial charge is 0.230 e. The monoisotopic (exact) mass is 287 g/mol. The third-order valence-electron chi connectivity index (χ3n) is 3.51. The van der Waals surface area contributed by atoms with Gasteiger partial charge in [0.1, 0.15) is 5.75 Å². The van der Waals surface area contributed by atoms with E-state index in [0.717, 1.165) is 24.6 Å². The zero-order chi connectivity index (χ0) is 14.5. The molecule has 0 aliphatic heterocycles. The maximum atomic E-state index is 5.67. The number of rotatable bonds is 8. The maximum Gasteiger partial charge on any atom is 0.230 e.